The summed E-state index contributed by atoms with van der Waals surface area (Å²) in [5.74, 6) is 1.46. The molecule has 1 heterocycles. The van der Waals surface area contributed by atoms with E-state index in [1.807, 2.05) is 12.1 Å². The largest absolute Gasteiger partial charge is 0.491 e. The maximum atomic E-state index is 5.84. The fourth-order valence-corrected chi connectivity index (χ4v) is 2.09. The van der Waals surface area contributed by atoms with E-state index in [4.69, 9.17) is 9.47 Å². The van der Waals surface area contributed by atoms with Crippen molar-refractivity contribution in [1.29, 1.82) is 0 Å². The van der Waals surface area contributed by atoms with E-state index in [0.717, 1.165) is 18.9 Å². The molecule has 0 spiro atoms. The first-order chi connectivity index (χ1) is 8.96. The van der Waals surface area contributed by atoms with Crippen molar-refractivity contribution >= 4 is 0 Å². The van der Waals surface area contributed by atoms with Crippen molar-refractivity contribution in [2.75, 3.05) is 19.8 Å². The molecule has 2 rings (SSSR count). The lowest BCUT2D eigenvalue weighted by Gasteiger charge is -2.35. The summed E-state index contributed by atoms with van der Waals surface area (Å²) in [6.45, 7) is 10.9. The van der Waals surface area contributed by atoms with Crippen LogP contribution in [0.5, 0.6) is 5.75 Å². The fourth-order valence-electron chi connectivity index (χ4n) is 2.09. The third-order valence-electron chi connectivity index (χ3n) is 3.45. The van der Waals surface area contributed by atoms with Crippen molar-refractivity contribution in [3.63, 3.8) is 0 Å². The van der Waals surface area contributed by atoms with Crippen LogP contribution in [0.15, 0.2) is 24.3 Å². The predicted octanol–water partition coefficient (Wildman–Crippen LogP) is 2.96. The molecule has 1 aliphatic heterocycles. The minimum absolute atomic E-state index is 0.0774. The zero-order chi connectivity index (χ0) is 13.9. The summed E-state index contributed by atoms with van der Waals surface area (Å²) in [7, 11) is 0. The van der Waals surface area contributed by atoms with Crippen molar-refractivity contribution in [3.05, 3.63) is 29.8 Å². The summed E-state index contributed by atoms with van der Waals surface area (Å²) in [6, 6.07) is 8.31. The number of ether oxygens (including phenoxy) is 2. The van der Waals surface area contributed by atoms with E-state index in [1.54, 1.807) is 0 Å². The minimum Gasteiger partial charge on any atom is -0.491 e. The van der Waals surface area contributed by atoms with E-state index in [9.17, 15) is 0 Å². The molecular formula is C16H25NO2. The highest BCUT2D eigenvalue weighted by Crippen LogP contribution is 2.20. The number of rotatable bonds is 4. The molecular weight excluding hydrogens is 238 g/mol. The topological polar surface area (TPSA) is 30.5 Å². The van der Waals surface area contributed by atoms with E-state index >= 15 is 0 Å². The first-order valence-electron chi connectivity index (χ1n) is 7.06. The first-order valence-corrected chi connectivity index (χ1v) is 7.06. The van der Waals surface area contributed by atoms with Gasteiger partial charge in [-0.3, -0.25) is 0 Å². The van der Waals surface area contributed by atoms with Gasteiger partial charge in [-0.25, -0.2) is 0 Å². The molecule has 0 aliphatic carbocycles. The van der Waals surface area contributed by atoms with Crippen molar-refractivity contribution in [2.45, 2.75) is 45.3 Å². The average Bonchev–Trinajstić information content (AvgIpc) is 2.38. The molecule has 0 aromatic heterocycles. The van der Waals surface area contributed by atoms with Crippen molar-refractivity contribution in [2.24, 2.45) is 0 Å². The van der Waals surface area contributed by atoms with Crippen LogP contribution in [0.2, 0.25) is 0 Å². The number of hydrogen-bond donors (Lipinski definition) is 1. The van der Waals surface area contributed by atoms with Crippen molar-refractivity contribution in [3.8, 4) is 5.75 Å². The molecule has 1 saturated heterocycles. The van der Waals surface area contributed by atoms with Crippen LogP contribution in [-0.2, 0) is 4.74 Å². The van der Waals surface area contributed by atoms with Crippen LogP contribution in [0, 0.1) is 0 Å². The Bertz CT molecular complexity index is 405. The van der Waals surface area contributed by atoms with Gasteiger partial charge in [-0.1, -0.05) is 26.0 Å². The predicted molar refractivity (Wildman–Crippen MR) is 77.8 cm³/mol. The van der Waals surface area contributed by atoms with Crippen LogP contribution in [0.4, 0.5) is 0 Å². The van der Waals surface area contributed by atoms with Gasteiger partial charge in [0.15, 0.2) is 0 Å². The number of morpholine rings is 1. The van der Waals surface area contributed by atoms with Crippen LogP contribution in [-0.4, -0.2) is 31.4 Å². The number of hydrogen-bond acceptors (Lipinski definition) is 3. The zero-order valence-electron chi connectivity index (χ0n) is 12.4. The molecule has 1 aromatic carbocycles. The standard InChI is InChI=1S/C16H25NO2/c1-12(2)13-6-5-7-14(8-13)18-10-15-9-17-16(3,4)11-19-15/h5-8,12,15,17H,9-11H2,1-4H3. The lowest BCUT2D eigenvalue weighted by Crippen LogP contribution is -2.54. The van der Waals surface area contributed by atoms with Gasteiger partial charge in [0.1, 0.15) is 18.5 Å². The van der Waals surface area contributed by atoms with E-state index in [-0.39, 0.29) is 11.6 Å². The van der Waals surface area contributed by atoms with Gasteiger partial charge in [0, 0.05) is 12.1 Å². The van der Waals surface area contributed by atoms with Gasteiger partial charge in [-0.2, -0.15) is 0 Å². The zero-order valence-corrected chi connectivity index (χ0v) is 12.4. The molecule has 1 fully saturated rings. The van der Waals surface area contributed by atoms with Crippen LogP contribution in [0.3, 0.4) is 0 Å². The van der Waals surface area contributed by atoms with Gasteiger partial charge in [-0.15, -0.1) is 0 Å². The van der Waals surface area contributed by atoms with Gasteiger partial charge in [0.2, 0.25) is 0 Å². The summed E-state index contributed by atoms with van der Waals surface area (Å²) in [6.07, 6.45) is 0.135. The highest BCUT2D eigenvalue weighted by Gasteiger charge is 2.26. The maximum Gasteiger partial charge on any atom is 0.119 e. The van der Waals surface area contributed by atoms with E-state index in [1.165, 1.54) is 5.56 Å². The van der Waals surface area contributed by atoms with Gasteiger partial charge < -0.3 is 14.8 Å². The summed E-state index contributed by atoms with van der Waals surface area (Å²) < 4.78 is 11.6. The van der Waals surface area contributed by atoms with Crippen LogP contribution in [0.1, 0.15) is 39.2 Å². The van der Waals surface area contributed by atoms with Crippen molar-refractivity contribution in [1.82, 2.24) is 5.32 Å². The molecule has 0 bridgehead atoms. The molecule has 0 amide bonds. The fraction of sp³-hybridized carbons (Fsp3) is 0.625. The van der Waals surface area contributed by atoms with Gasteiger partial charge in [0.05, 0.1) is 6.61 Å². The molecule has 106 valence electrons. The number of benzene rings is 1. The average molecular weight is 263 g/mol. The van der Waals surface area contributed by atoms with Gasteiger partial charge >= 0.3 is 0 Å². The Morgan fingerprint density at radius 2 is 2.21 bits per heavy atom. The lowest BCUT2D eigenvalue weighted by atomic mass is 10.0. The highest BCUT2D eigenvalue weighted by molar-refractivity contribution is 5.30. The Kier molecular flexibility index (Phi) is 4.48. The van der Waals surface area contributed by atoms with Crippen LogP contribution < -0.4 is 10.1 Å². The second-order valence-corrected chi connectivity index (χ2v) is 6.24. The molecule has 19 heavy (non-hydrogen) atoms. The Labute approximate surface area is 116 Å². The monoisotopic (exact) mass is 263 g/mol. The Morgan fingerprint density at radius 3 is 2.84 bits per heavy atom. The summed E-state index contributed by atoms with van der Waals surface area (Å²) in [4.78, 5) is 0. The van der Waals surface area contributed by atoms with Crippen LogP contribution >= 0.6 is 0 Å². The van der Waals surface area contributed by atoms with E-state index in [0.29, 0.717) is 12.5 Å². The molecule has 3 heteroatoms. The summed E-state index contributed by atoms with van der Waals surface area (Å²) in [5.41, 5.74) is 1.38. The second-order valence-electron chi connectivity index (χ2n) is 6.24. The van der Waals surface area contributed by atoms with Crippen molar-refractivity contribution < 1.29 is 9.47 Å². The molecule has 1 atom stereocenters. The van der Waals surface area contributed by atoms with Gasteiger partial charge in [-0.05, 0) is 37.5 Å². The molecule has 1 aromatic rings. The first kappa shape index (κ1) is 14.4. The minimum atomic E-state index is 0.0774. The smallest absolute Gasteiger partial charge is 0.119 e. The van der Waals surface area contributed by atoms with Crippen LogP contribution in [0.25, 0.3) is 0 Å². The van der Waals surface area contributed by atoms with E-state index in [2.05, 4.69) is 45.1 Å². The molecule has 1 aliphatic rings. The molecule has 0 radical (unpaired) electrons. The number of nitrogens with one attached hydrogen (secondary N) is 1. The summed E-state index contributed by atoms with van der Waals surface area (Å²) in [5, 5.41) is 3.47. The Balaban J connectivity index is 1.84. The highest BCUT2D eigenvalue weighted by atomic mass is 16.5. The maximum absolute atomic E-state index is 5.84. The Morgan fingerprint density at radius 1 is 1.42 bits per heavy atom. The molecule has 0 saturated carbocycles. The third-order valence-corrected chi connectivity index (χ3v) is 3.45. The van der Waals surface area contributed by atoms with Gasteiger partial charge in [0.25, 0.3) is 0 Å². The normalized spacial score (nSPS) is 22.5. The molecule has 1 N–H and O–H groups in total. The molecule has 1 unspecified atom stereocenters. The second kappa shape index (κ2) is 5.93. The quantitative estimate of drug-likeness (QED) is 0.906. The van der Waals surface area contributed by atoms with E-state index < -0.39 is 0 Å². The molecule has 3 nitrogen and oxygen atoms in total. The Hall–Kier alpha value is -1.06. The third kappa shape index (κ3) is 4.22. The summed E-state index contributed by atoms with van der Waals surface area (Å²) >= 11 is 0. The lowest BCUT2D eigenvalue weighted by molar-refractivity contribution is -0.0412. The SMILES string of the molecule is CC(C)c1cccc(OCC2CNC(C)(C)CO2)c1.